The molecule has 7 rings (SSSR count). The van der Waals surface area contributed by atoms with Crippen molar-refractivity contribution in [1.82, 2.24) is 30.0 Å². The summed E-state index contributed by atoms with van der Waals surface area (Å²) in [5, 5.41) is 12.5. The van der Waals surface area contributed by atoms with Gasteiger partial charge in [-0.25, -0.2) is 0 Å². The third-order valence-corrected chi connectivity index (χ3v) is 7.04. The number of fused-ring (bicyclic) bond motifs is 3. The van der Waals surface area contributed by atoms with Crippen molar-refractivity contribution < 1.29 is 0 Å². The van der Waals surface area contributed by atoms with E-state index >= 15 is 0 Å². The normalized spacial score (nSPS) is 19.9. The van der Waals surface area contributed by atoms with E-state index in [0.717, 1.165) is 25.2 Å². The van der Waals surface area contributed by atoms with E-state index in [2.05, 4.69) is 87.2 Å². The quantitative estimate of drug-likeness (QED) is 0.436. The van der Waals surface area contributed by atoms with Crippen molar-refractivity contribution in [1.29, 1.82) is 0 Å². The molecule has 6 heteroatoms. The Bertz CT molecular complexity index is 1250. The van der Waals surface area contributed by atoms with E-state index in [1.54, 1.807) is 12.7 Å². The molecule has 0 radical (unpaired) electrons. The van der Waals surface area contributed by atoms with Gasteiger partial charge in [-0.2, -0.15) is 0 Å². The maximum absolute atomic E-state index is 3.91. The van der Waals surface area contributed by atoms with E-state index in [9.17, 15) is 0 Å². The number of hydrogen-bond acceptors (Lipinski definition) is 4. The van der Waals surface area contributed by atoms with Gasteiger partial charge in [0.15, 0.2) is 0 Å². The van der Waals surface area contributed by atoms with Gasteiger partial charge >= 0.3 is 0 Å². The first kappa shape index (κ1) is 19.2. The van der Waals surface area contributed by atoms with Gasteiger partial charge in [-0.1, -0.05) is 25.1 Å². The first-order chi connectivity index (χ1) is 15.8. The smallest absolute Gasteiger partial charge is 0.123 e. The topological polar surface area (TPSA) is 61.8 Å². The Balaban J connectivity index is 0.000000279. The summed E-state index contributed by atoms with van der Waals surface area (Å²) in [6, 6.07) is 15.6. The number of aromatic amines is 1. The molecule has 2 unspecified atom stereocenters. The Kier molecular flexibility index (Phi) is 4.71. The number of likely N-dealkylation sites (tertiary alicyclic amines) is 1. The van der Waals surface area contributed by atoms with E-state index in [4.69, 9.17) is 0 Å². The van der Waals surface area contributed by atoms with Crippen LogP contribution in [0.25, 0.3) is 27.7 Å². The van der Waals surface area contributed by atoms with Crippen molar-refractivity contribution in [2.24, 2.45) is 5.92 Å². The summed E-state index contributed by atoms with van der Waals surface area (Å²) in [4.78, 5) is 6.05. The minimum Gasteiger partial charge on any atom is -0.389 e. The SMILES string of the molecule is CCC1CC2CNC=C2N1CCc1c[nH]c2ccc(-n3cnnc3)cc12.c1cc2cc-2c1. The summed E-state index contributed by atoms with van der Waals surface area (Å²) in [5.41, 5.74) is 8.02. The minimum atomic E-state index is 0.686. The van der Waals surface area contributed by atoms with Gasteiger partial charge in [0.25, 0.3) is 0 Å². The van der Waals surface area contributed by atoms with E-state index < -0.39 is 0 Å². The molecule has 1 saturated heterocycles. The van der Waals surface area contributed by atoms with Gasteiger partial charge in [-0.05, 0) is 60.2 Å². The Morgan fingerprint density at radius 1 is 1.06 bits per heavy atom. The molecule has 2 N–H and O–H groups in total. The average Bonchev–Trinajstić information content (AvgIpc) is 3.45. The van der Waals surface area contributed by atoms with Crippen LogP contribution in [0, 0.1) is 5.92 Å². The standard InChI is InChI=1S/C20H24N6.C6H4/c1-2-16-7-15-9-21-11-20(15)26(16)6-5-14-10-22-19-4-3-17(8-18(14)19)25-12-23-24-13-25;1-2-5-4-6(5)3-1/h3-4,8,10-13,15-16,21-22H,2,5-7,9H2,1H3;1-4H. The molecule has 3 aromatic rings. The highest BCUT2D eigenvalue weighted by atomic mass is 15.2. The lowest BCUT2D eigenvalue weighted by molar-refractivity contribution is 0.288. The molecule has 32 heavy (non-hydrogen) atoms. The molecule has 0 bridgehead atoms. The van der Waals surface area contributed by atoms with E-state index in [-0.39, 0.29) is 0 Å². The molecular weight excluding hydrogens is 396 g/mol. The van der Waals surface area contributed by atoms with Crippen molar-refractivity contribution in [3.05, 3.63) is 78.8 Å². The van der Waals surface area contributed by atoms with Crippen LogP contribution >= 0.6 is 0 Å². The number of H-pyrrole nitrogens is 1. The van der Waals surface area contributed by atoms with Crippen LogP contribution in [0.4, 0.5) is 0 Å². The highest BCUT2D eigenvalue weighted by Crippen LogP contribution is 2.37. The van der Waals surface area contributed by atoms with Gasteiger partial charge in [0.2, 0.25) is 0 Å². The fourth-order valence-corrected chi connectivity index (χ4v) is 5.20. The Hall–Kier alpha value is -3.54. The Morgan fingerprint density at radius 2 is 1.91 bits per heavy atom. The number of benzene rings is 2. The molecule has 2 aliphatic heterocycles. The number of aromatic nitrogens is 4. The van der Waals surface area contributed by atoms with Gasteiger partial charge in [0.05, 0.1) is 0 Å². The van der Waals surface area contributed by atoms with Crippen molar-refractivity contribution in [3.8, 4) is 16.8 Å². The lowest BCUT2D eigenvalue weighted by Crippen LogP contribution is -2.30. The molecule has 4 heterocycles. The number of nitrogens with one attached hydrogen (secondary N) is 2. The van der Waals surface area contributed by atoms with Crippen LogP contribution in [-0.4, -0.2) is 43.8 Å². The molecule has 2 aliphatic carbocycles. The lowest BCUT2D eigenvalue weighted by Gasteiger charge is -2.26. The summed E-state index contributed by atoms with van der Waals surface area (Å²) in [5.74, 6) is 0.711. The highest BCUT2D eigenvalue weighted by Gasteiger charge is 2.36. The number of hydrogen-bond donors (Lipinski definition) is 2. The highest BCUT2D eigenvalue weighted by molar-refractivity contribution is 5.85. The minimum absolute atomic E-state index is 0.686. The van der Waals surface area contributed by atoms with Gasteiger partial charge in [-0.15, -0.1) is 10.2 Å². The van der Waals surface area contributed by atoms with Crippen molar-refractivity contribution in [2.45, 2.75) is 32.2 Å². The second kappa shape index (κ2) is 7.86. The van der Waals surface area contributed by atoms with Crippen molar-refractivity contribution in [3.63, 3.8) is 0 Å². The van der Waals surface area contributed by atoms with Gasteiger partial charge in [0.1, 0.15) is 12.7 Å². The average molecular weight is 425 g/mol. The zero-order chi connectivity index (χ0) is 21.5. The van der Waals surface area contributed by atoms with E-state index in [1.807, 2.05) is 4.57 Å². The summed E-state index contributed by atoms with van der Waals surface area (Å²) in [6.45, 7) is 4.49. The maximum Gasteiger partial charge on any atom is 0.123 e. The largest absolute Gasteiger partial charge is 0.389 e. The number of rotatable bonds is 5. The van der Waals surface area contributed by atoms with Crippen LogP contribution in [-0.2, 0) is 6.42 Å². The molecule has 0 amide bonds. The van der Waals surface area contributed by atoms with Crippen molar-refractivity contribution >= 4 is 10.9 Å². The van der Waals surface area contributed by atoms with E-state index in [0.29, 0.717) is 12.0 Å². The predicted octanol–water partition coefficient (Wildman–Crippen LogP) is 4.50. The Labute approximate surface area is 188 Å². The summed E-state index contributed by atoms with van der Waals surface area (Å²) in [6.07, 6.45) is 11.4. The van der Waals surface area contributed by atoms with Crippen LogP contribution in [0.3, 0.4) is 0 Å². The predicted molar refractivity (Wildman–Crippen MR) is 127 cm³/mol. The third kappa shape index (κ3) is 3.45. The second-order valence-corrected chi connectivity index (χ2v) is 8.91. The van der Waals surface area contributed by atoms with Crippen LogP contribution < -0.4 is 5.32 Å². The van der Waals surface area contributed by atoms with Crippen LogP contribution in [0.1, 0.15) is 25.3 Å². The molecular formula is C26H28N6. The molecule has 0 saturated carbocycles. The zero-order valence-corrected chi connectivity index (χ0v) is 18.3. The third-order valence-electron chi connectivity index (χ3n) is 7.04. The first-order valence-electron chi connectivity index (χ1n) is 11.6. The van der Waals surface area contributed by atoms with Gasteiger partial charge < -0.3 is 15.2 Å². The monoisotopic (exact) mass is 424 g/mol. The second-order valence-electron chi connectivity index (χ2n) is 8.91. The first-order valence-corrected chi connectivity index (χ1v) is 11.6. The molecule has 0 spiro atoms. The summed E-state index contributed by atoms with van der Waals surface area (Å²) in [7, 11) is 0. The van der Waals surface area contributed by atoms with Crippen LogP contribution in [0.2, 0.25) is 0 Å². The molecule has 1 fully saturated rings. The fraction of sp³-hybridized carbons (Fsp3) is 0.308. The molecule has 4 aliphatic rings. The molecule has 2 aromatic heterocycles. The molecule has 1 aromatic carbocycles. The Morgan fingerprint density at radius 3 is 2.62 bits per heavy atom. The fourth-order valence-electron chi connectivity index (χ4n) is 5.20. The van der Waals surface area contributed by atoms with Crippen LogP contribution in [0.15, 0.2) is 73.2 Å². The summed E-state index contributed by atoms with van der Waals surface area (Å²) >= 11 is 0. The number of nitrogens with zero attached hydrogens (tertiary/aromatic N) is 4. The summed E-state index contributed by atoms with van der Waals surface area (Å²) < 4.78 is 1.95. The van der Waals surface area contributed by atoms with Crippen molar-refractivity contribution in [2.75, 3.05) is 13.1 Å². The maximum atomic E-state index is 3.91. The zero-order valence-electron chi connectivity index (χ0n) is 18.3. The lowest BCUT2D eigenvalue weighted by atomic mass is 10.0. The van der Waals surface area contributed by atoms with Gasteiger partial charge in [-0.3, -0.25) is 4.57 Å². The molecule has 6 nitrogen and oxygen atoms in total. The van der Waals surface area contributed by atoms with Gasteiger partial charge in [0, 0.05) is 59.7 Å². The molecule has 162 valence electrons. The van der Waals surface area contributed by atoms with Crippen LogP contribution in [0.5, 0.6) is 0 Å². The molecule has 2 atom stereocenters. The van der Waals surface area contributed by atoms with E-state index in [1.165, 1.54) is 46.1 Å².